The average Bonchev–Trinajstić information content (AvgIpc) is 2.67. The Kier molecular flexibility index (Phi) is 5.12. The summed E-state index contributed by atoms with van der Waals surface area (Å²) < 4.78 is 5.40. The number of phenols is 1. The Morgan fingerprint density at radius 2 is 1.77 bits per heavy atom. The molecule has 0 aliphatic rings. The van der Waals surface area contributed by atoms with Crippen LogP contribution in [0.1, 0.15) is 22.8 Å². The van der Waals surface area contributed by atoms with Gasteiger partial charge in [-0.3, -0.25) is 4.79 Å². The molecule has 0 bridgehead atoms. The summed E-state index contributed by atoms with van der Waals surface area (Å²) in [6, 6.07) is 18.7. The number of amides is 1. The van der Waals surface area contributed by atoms with Crippen LogP contribution in [0, 0.1) is 0 Å². The highest BCUT2D eigenvalue weighted by molar-refractivity contribution is 6.09. The second-order valence-electron chi connectivity index (χ2n) is 6.46. The van der Waals surface area contributed by atoms with Crippen molar-refractivity contribution in [3.8, 4) is 11.5 Å². The maximum Gasteiger partial charge on any atom is 0.258 e. The van der Waals surface area contributed by atoms with Crippen LogP contribution in [0.2, 0.25) is 0 Å². The Morgan fingerprint density at radius 3 is 2.54 bits per heavy atom. The molecule has 0 aliphatic heterocycles. The van der Waals surface area contributed by atoms with Crippen molar-refractivity contribution in [1.82, 2.24) is 4.90 Å². The largest absolute Gasteiger partial charge is 0.507 e. The summed E-state index contributed by atoms with van der Waals surface area (Å²) in [5.41, 5.74) is 1.39. The third-order valence-corrected chi connectivity index (χ3v) is 4.81. The number of aromatic hydroxyl groups is 1. The van der Waals surface area contributed by atoms with E-state index < -0.39 is 0 Å². The van der Waals surface area contributed by atoms with Crippen LogP contribution in [0.15, 0.2) is 60.7 Å². The van der Waals surface area contributed by atoms with E-state index in [4.69, 9.17) is 4.74 Å². The number of para-hydroxylation sites is 1. The molecule has 3 rings (SSSR count). The van der Waals surface area contributed by atoms with Gasteiger partial charge in [0.05, 0.1) is 12.7 Å². The molecule has 26 heavy (non-hydrogen) atoms. The normalized spacial score (nSPS) is 12.0. The molecule has 4 heteroatoms. The van der Waals surface area contributed by atoms with E-state index in [0.29, 0.717) is 12.0 Å². The minimum absolute atomic E-state index is 0.00467. The van der Waals surface area contributed by atoms with E-state index in [2.05, 4.69) is 0 Å². The fourth-order valence-electron chi connectivity index (χ4n) is 3.19. The van der Waals surface area contributed by atoms with Gasteiger partial charge in [0.15, 0.2) is 0 Å². The van der Waals surface area contributed by atoms with Crippen molar-refractivity contribution in [3.63, 3.8) is 0 Å². The van der Waals surface area contributed by atoms with Gasteiger partial charge >= 0.3 is 0 Å². The van der Waals surface area contributed by atoms with Crippen LogP contribution in [0.4, 0.5) is 0 Å². The highest BCUT2D eigenvalue weighted by atomic mass is 16.5. The lowest BCUT2D eigenvalue weighted by Gasteiger charge is -2.26. The van der Waals surface area contributed by atoms with E-state index in [9.17, 15) is 9.90 Å². The molecule has 0 aliphatic carbocycles. The van der Waals surface area contributed by atoms with Crippen LogP contribution >= 0.6 is 0 Å². The number of fused-ring (bicyclic) bond motifs is 1. The summed E-state index contributed by atoms with van der Waals surface area (Å²) in [6.45, 7) is 1.99. The zero-order chi connectivity index (χ0) is 18.7. The molecule has 0 heterocycles. The third-order valence-electron chi connectivity index (χ3n) is 4.81. The standard InChI is InChI=1S/C22H23NO3/c1-15(14-17-9-5-7-11-20(17)26-3)23(2)22(25)21-18-10-6-4-8-16(18)12-13-19(21)24/h4-13,15,24H,14H2,1-3H3. The van der Waals surface area contributed by atoms with Crippen molar-refractivity contribution in [1.29, 1.82) is 0 Å². The summed E-state index contributed by atoms with van der Waals surface area (Å²) in [6.07, 6.45) is 0.664. The number of carbonyl (C=O) groups is 1. The van der Waals surface area contributed by atoms with Gasteiger partial charge in [0, 0.05) is 13.1 Å². The van der Waals surface area contributed by atoms with Gasteiger partial charge in [-0.15, -0.1) is 0 Å². The number of methoxy groups -OCH3 is 1. The predicted molar refractivity (Wildman–Crippen MR) is 104 cm³/mol. The first-order chi connectivity index (χ1) is 12.5. The molecular weight excluding hydrogens is 326 g/mol. The quantitative estimate of drug-likeness (QED) is 0.749. The predicted octanol–water partition coefficient (Wildman–Crippen LogP) is 4.26. The number of phenolic OH excluding ortho intramolecular Hbond substituents is 1. The Hall–Kier alpha value is -3.01. The number of ether oxygens (including phenoxy) is 1. The second kappa shape index (κ2) is 7.48. The first kappa shape index (κ1) is 17.8. The highest BCUT2D eigenvalue weighted by Crippen LogP contribution is 2.29. The topological polar surface area (TPSA) is 49.8 Å². The summed E-state index contributed by atoms with van der Waals surface area (Å²) in [5, 5.41) is 12.0. The van der Waals surface area contributed by atoms with Gasteiger partial charge in [0.1, 0.15) is 11.5 Å². The molecule has 3 aromatic carbocycles. The maximum absolute atomic E-state index is 13.1. The van der Waals surface area contributed by atoms with E-state index in [0.717, 1.165) is 22.1 Å². The van der Waals surface area contributed by atoms with Crippen LogP contribution in [0.25, 0.3) is 10.8 Å². The molecule has 0 fully saturated rings. The Balaban J connectivity index is 1.89. The number of rotatable bonds is 5. The van der Waals surface area contributed by atoms with Gasteiger partial charge in [0.2, 0.25) is 0 Å². The van der Waals surface area contributed by atoms with E-state index >= 15 is 0 Å². The SMILES string of the molecule is COc1ccccc1CC(C)N(C)C(=O)c1c(O)ccc2ccccc12. The first-order valence-electron chi connectivity index (χ1n) is 8.62. The molecule has 1 amide bonds. The molecule has 0 spiro atoms. The number of hydrogen-bond donors (Lipinski definition) is 1. The fourth-order valence-corrected chi connectivity index (χ4v) is 3.19. The van der Waals surface area contributed by atoms with Gasteiger partial charge < -0.3 is 14.7 Å². The number of hydrogen-bond acceptors (Lipinski definition) is 3. The Labute approximate surface area is 153 Å². The smallest absolute Gasteiger partial charge is 0.258 e. The molecule has 1 unspecified atom stereocenters. The number of nitrogens with zero attached hydrogens (tertiary/aromatic N) is 1. The molecule has 0 aromatic heterocycles. The fraction of sp³-hybridized carbons (Fsp3) is 0.227. The van der Waals surface area contributed by atoms with Crippen molar-refractivity contribution in [2.45, 2.75) is 19.4 Å². The van der Waals surface area contributed by atoms with Gasteiger partial charge in [0.25, 0.3) is 5.91 Å². The summed E-state index contributed by atoms with van der Waals surface area (Å²) in [7, 11) is 3.41. The van der Waals surface area contributed by atoms with Crippen LogP contribution in [0.5, 0.6) is 11.5 Å². The zero-order valence-corrected chi connectivity index (χ0v) is 15.3. The summed E-state index contributed by atoms with van der Waals surface area (Å²) in [4.78, 5) is 14.8. The van der Waals surface area contributed by atoms with E-state index in [1.54, 1.807) is 25.1 Å². The van der Waals surface area contributed by atoms with Crippen LogP contribution in [0.3, 0.4) is 0 Å². The third kappa shape index (κ3) is 3.36. The van der Waals surface area contributed by atoms with Crippen LogP contribution < -0.4 is 4.74 Å². The second-order valence-corrected chi connectivity index (χ2v) is 6.46. The van der Waals surface area contributed by atoms with Gasteiger partial charge in [-0.1, -0.05) is 48.5 Å². The van der Waals surface area contributed by atoms with Gasteiger partial charge in [-0.2, -0.15) is 0 Å². The minimum atomic E-state index is -0.193. The van der Waals surface area contributed by atoms with E-state index in [1.165, 1.54) is 0 Å². The summed E-state index contributed by atoms with van der Waals surface area (Å²) >= 11 is 0. The molecular formula is C22H23NO3. The molecule has 3 aromatic rings. The molecule has 1 atom stereocenters. The highest BCUT2D eigenvalue weighted by Gasteiger charge is 2.23. The Morgan fingerprint density at radius 1 is 1.08 bits per heavy atom. The Bertz CT molecular complexity index is 936. The summed E-state index contributed by atoms with van der Waals surface area (Å²) in [5.74, 6) is 0.625. The van der Waals surface area contributed by atoms with Crippen molar-refractivity contribution in [3.05, 3.63) is 71.8 Å². The van der Waals surface area contributed by atoms with Gasteiger partial charge in [-0.25, -0.2) is 0 Å². The minimum Gasteiger partial charge on any atom is -0.507 e. The van der Waals surface area contributed by atoms with Crippen molar-refractivity contribution < 1.29 is 14.6 Å². The van der Waals surface area contributed by atoms with E-state index in [-0.39, 0.29) is 17.7 Å². The maximum atomic E-state index is 13.1. The zero-order valence-electron chi connectivity index (χ0n) is 15.3. The van der Waals surface area contributed by atoms with Gasteiger partial charge in [-0.05, 0) is 41.8 Å². The molecule has 134 valence electrons. The number of benzene rings is 3. The molecule has 0 radical (unpaired) electrons. The average molecular weight is 349 g/mol. The lowest BCUT2D eigenvalue weighted by Crippen LogP contribution is -2.36. The van der Waals surface area contributed by atoms with Crippen LogP contribution in [-0.4, -0.2) is 36.1 Å². The molecule has 0 saturated carbocycles. The van der Waals surface area contributed by atoms with Crippen molar-refractivity contribution in [2.75, 3.05) is 14.2 Å². The van der Waals surface area contributed by atoms with Crippen molar-refractivity contribution in [2.24, 2.45) is 0 Å². The molecule has 0 saturated heterocycles. The monoisotopic (exact) mass is 349 g/mol. The van der Waals surface area contributed by atoms with E-state index in [1.807, 2.05) is 61.5 Å². The molecule has 4 nitrogen and oxygen atoms in total. The first-order valence-corrected chi connectivity index (χ1v) is 8.62. The van der Waals surface area contributed by atoms with Crippen molar-refractivity contribution >= 4 is 16.7 Å². The van der Waals surface area contributed by atoms with Crippen LogP contribution in [-0.2, 0) is 6.42 Å². The lowest BCUT2D eigenvalue weighted by atomic mass is 10.0. The lowest BCUT2D eigenvalue weighted by molar-refractivity contribution is 0.0742. The number of carbonyl (C=O) groups excluding carboxylic acids is 1. The molecule has 1 N–H and O–H groups in total. The number of likely N-dealkylation sites (N-methyl/N-ethyl adjacent to an activating group) is 1.